The van der Waals surface area contributed by atoms with Crippen molar-refractivity contribution in [1.29, 1.82) is 0 Å². The number of carbonyl (C=O) groups excluding carboxylic acids is 1. The molecule has 224 valence electrons. The molecule has 0 radical (unpaired) electrons. The van der Waals surface area contributed by atoms with Crippen molar-refractivity contribution in [2.24, 2.45) is 10.9 Å². The third kappa shape index (κ3) is 7.27. The molecule has 2 aliphatic heterocycles. The SMILES string of the molecule is COc1ccccc1N1CCCN(CCCNC(=O)Nc2cccc(C3C(C(=O)O)=C(C)N=C(C)C3C(=O)O)c2)CC1. The second-order valence-electron chi connectivity index (χ2n) is 10.6. The molecule has 11 heteroatoms. The summed E-state index contributed by atoms with van der Waals surface area (Å²) in [6.45, 7) is 8.27. The Labute approximate surface area is 245 Å². The van der Waals surface area contributed by atoms with Gasteiger partial charge in [0.2, 0.25) is 0 Å². The smallest absolute Gasteiger partial charge is 0.334 e. The first-order valence-corrected chi connectivity index (χ1v) is 14.2. The van der Waals surface area contributed by atoms with E-state index in [0.717, 1.165) is 57.0 Å². The highest BCUT2D eigenvalue weighted by atomic mass is 16.5. The average Bonchev–Trinajstić information content (AvgIpc) is 3.20. The maximum absolute atomic E-state index is 12.6. The number of benzene rings is 2. The van der Waals surface area contributed by atoms with Crippen molar-refractivity contribution in [3.8, 4) is 5.75 Å². The summed E-state index contributed by atoms with van der Waals surface area (Å²) in [5.74, 6) is -3.54. The summed E-state index contributed by atoms with van der Waals surface area (Å²) in [5.41, 5.74) is 2.59. The summed E-state index contributed by atoms with van der Waals surface area (Å²) in [4.78, 5) is 45.7. The maximum Gasteiger partial charge on any atom is 0.334 e. The zero-order valence-electron chi connectivity index (χ0n) is 24.3. The number of methoxy groups -OCH3 is 1. The van der Waals surface area contributed by atoms with Crippen LogP contribution < -0.4 is 20.3 Å². The summed E-state index contributed by atoms with van der Waals surface area (Å²) in [6.07, 6.45) is 1.82. The first-order chi connectivity index (χ1) is 20.2. The number of urea groups is 1. The van der Waals surface area contributed by atoms with Gasteiger partial charge in [0.1, 0.15) is 11.7 Å². The number of para-hydroxylation sites is 2. The molecular weight excluding hydrogens is 538 g/mol. The van der Waals surface area contributed by atoms with Crippen LogP contribution in [0.4, 0.5) is 16.2 Å². The Bertz CT molecular complexity index is 1370. The van der Waals surface area contributed by atoms with Crippen LogP contribution in [0.2, 0.25) is 0 Å². The first-order valence-electron chi connectivity index (χ1n) is 14.2. The molecule has 1 fully saturated rings. The Balaban J connectivity index is 1.30. The van der Waals surface area contributed by atoms with Gasteiger partial charge in [-0.05, 0) is 69.6 Å². The number of carboxylic acid groups (broad SMARTS) is 2. The maximum atomic E-state index is 12.6. The Morgan fingerprint density at radius 1 is 1.02 bits per heavy atom. The molecule has 2 aliphatic rings. The van der Waals surface area contributed by atoms with Gasteiger partial charge < -0.3 is 35.4 Å². The fraction of sp³-hybridized carbons (Fsp3) is 0.419. The van der Waals surface area contributed by atoms with Crippen molar-refractivity contribution < 1.29 is 29.3 Å². The van der Waals surface area contributed by atoms with E-state index in [4.69, 9.17) is 4.74 Å². The fourth-order valence-corrected chi connectivity index (χ4v) is 5.81. The number of rotatable bonds is 10. The summed E-state index contributed by atoms with van der Waals surface area (Å²) in [5, 5.41) is 25.4. The predicted molar refractivity (Wildman–Crippen MR) is 162 cm³/mol. The van der Waals surface area contributed by atoms with Gasteiger partial charge in [-0.3, -0.25) is 9.79 Å². The molecule has 4 N–H and O–H groups in total. The van der Waals surface area contributed by atoms with Crippen LogP contribution in [0, 0.1) is 5.92 Å². The number of nitrogens with zero attached hydrogens (tertiary/aromatic N) is 3. The third-order valence-electron chi connectivity index (χ3n) is 7.78. The highest BCUT2D eigenvalue weighted by Gasteiger charge is 2.41. The van der Waals surface area contributed by atoms with Crippen LogP contribution in [0.25, 0.3) is 0 Å². The standard InChI is InChI=1S/C31H39N5O6/c1-20-26(29(37)38)28(27(30(39)40)21(2)33-20)22-9-6-10-23(19-22)34-31(41)32-13-7-14-35-15-8-16-36(18-17-35)24-11-4-5-12-25(24)42-3/h4-6,9-12,19,26,28H,7-8,13-18H2,1-3H3,(H,37,38)(H,39,40)(H2,32,34,41). The number of carbonyl (C=O) groups is 3. The highest BCUT2D eigenvalue weighted by molar-refractivity contribution is 6.06. The van der Waals surface area contributed by atoms with Crippen LogP contribution in [0.3, 0.4) is 0 Å². The molecule has 0 bridgehead atoms. The number of hydrogen-bond donors (Lipinski definition) is 4. The summed E-state index contributed by atoms with van der Waals surface area (Å²) in [6, 6.07) is 14.3. The van der Waals surface area contributed by atoms with Gasteiger partial charge >= 0.3 is 18.0 Å². The topological polar surface area (TPSA) is 144 Å². The van der Waals surface area contributed by atoms with Crippen LogP contribution >= 0.6 is 0 Å². The lowest BCUT2D eigenvalue weighted by Crippen LogP contribution is -2.35. The molecule has 0 aromatic heterocycles. The van der Waals surface area contributed by atoms with Gasteiger partial charge in [0.25, 0.3) is 0 Å². The first kappa shape index (κ1) is 30.6. The molecule has 0 spiro atoms. The minimum Gasteiger partial charge on any atom is -0.495 e. The van der Waals surface area contributed by atoms with E-state index < -0.39 is 23.8 Å². The molecule has 1 saturated heterocycles. The van der Waals surface area contributed by atoms with Crippen LogP contribution in [0.5, 0.6) is 5.75 Å². The molecule has 0 saturated carbocycles. The lowest BCUT2D eigenvalue weighted by atomic mass is 9.75. The molecule has 0 aliphatic carbocycles. The van der Waals surface area contributed by atoms with Gasteiger partial charge in [0.15, 0.2) is 0 Å². The molecule has 2 atom stereocenters. The van der Waals surface area contributed by atoms with E-state index in [1.807, 2.05) is 18.2 Å². The highest BCUT2D eigenvalue weighted by Crippen LogP contribution is 2.39. The van der Waals surface area contributed by atoms with E-state index in [1.165, 1.54) is 0 Å². The van der Waals surface area contributed by atoms with E-state index >= 15 is 0 Å². The Hall–Kier alpha value is -4.38. The largest absolute Gasteiger partial charge is 0.495 e. The quantitative estimate of drug-likeness (QED) is 0.310. The molecule has 2 aromatic rings. The van der Waals surface area contributed by atoms with Gasteiger partial charge in [0.05, 0.1) is 18.4 Å². The van der Waals surface area contributed by atoms with Crippen molar-refractivity contribution in [3.05, 3.63) is 65.4 Å². The van der Waals surface area contributed by atoms with Gasteiger partial charge in [0, 0.05) is 49.2 Å². The molecule has 2 unspecified atom stereocenters. The second kappa shape index (κ2) is 14.0. The molecule has 42 heavy (non-hydrogen) atoms. The fourth-order valence-electron chi connectivity index (χ4n) is 5.81. The van der Waals surface area contributed by atoms with Crippen LogP contribution in [-0.2, 0) is 9.59 Å². The third-order valence-corrected chi connectivity index (χ3v) is 7.78. The van der Waals surface area contributed by atoms with Crippen LogP contribution in [0.1, 0.15) is 38.2 Å². The number of aliphatic imine (C=N–C) groups is 1. The Kier molecular flexibility index (Phi) is 10.2. The van der Waals surface area contributed by atoms with Crippen molar-refractivity contribution in [2.45, 2.75) is 32.6 Å². The predicted octanol–water partition coefficient (Wildman–Crippen LogP) is 4.04. The Morgan fingerprint density at radius 3 is 2.55 bits per heavy atom. The number of carboxylic acids is 2. The van der Waals surface area contributed by atoms with E-state index in [0.29, 0.717) is 23.5 Å². The zero-order chi connectivity index (χ0) is 30.2. The number of allylic oxidation sites excluding steroid dienone is 1. The minimum absolute atomic E-state index is 0.0610. The summed E-state index contributed by atoms with van der Waals surface area (Å²) < 4.78 is 5.53. The molecule has 2 aromatic carbocycles. The zero-order valence-corrected chi connectivity index (χ0v) is 24.3. The van der Waals surface area contributed by atoms with Crippen molar-refractivity contribution in [1.82, 2.24) is 10.2 Å². The van der Waals surface area contributed by atoms with Crippen molar-refractivity contribution >= 4 is 35.1 Å². The lowest BCUT2D eigenvalue weighted by Gasteiger charge is -2.29. The molecule has 2 heterocycles. The number of hydrogen-bond acceptors (Lipinski definition) is 7. The van der Waals surface area contributed by atoms with Crippen LogP contribution in [-0.4, -0.2) is 85.2 Å². The van der Waals surface area contributed by atoms with Gasteiger partial charge in [-0.1, -0.05) is 24.3 Å². The summed E-state index contributed by atoms with van der Waals surface area (Å²) in [7, 11) is 1.69. The Morgan fingerprint density at radius 2 is 1.81 bits per heavy atom. The molecule has 4 rings (SSSR count). The number of amides is 2. The number of aliphatic carboxylic acids is 2. The number of anilines is 2. The van der Waals surface area contributed by atoms with Crippen molar-refractivity contribution in [3.63, 3.8) is 0 Å². The minimum atomic E-state index is -1.21. The van der Waals surface area contributed by atoms with Crippen LogP contribution in [0.15, 0.2) is 64.8 Å². The van der Waals surface area contributed by atoms with Gasteiger partial charge in [-0.2, -0.15) is 0 Å². The van der Waals surface area contributed by atoms with E-state index in [9.17, 15) is 24.6 Å². The molecular formula is C31H39N5O6. The molecule has 11 nitrogen and oxygen atoms in total. The number of nitrogens with one attached hydrogen (secondary N) is 2. The normalized spacial score (nSPS) is 19.5. The average molecular weight is 578 g/mol. The van der Waals surface area contributed by atoms with E-state index in [-0.39, 0.29) is 17.3 Å². The monoisotopic (exact) mass is 577 g/mol. The molecule has 2 amide bonds. The van der Waals surface area contributed by atoms with Gasteiger partial charge in [-0.15, -0.1) is 0 Å². The lowest BCUT2D eigenvalue weighted by molar-refractivity contribution is -0.140. The van der Waals surface area contributed by atoms with E-state index in [2.05, 4.69) is 31.5 Å². The second-order valence-corrected chi connectivity index (χ2v) is 10.6. The summed E-state index contributed by atoms with van der Waals surface area (Å²) >= 11 is 0. The van der Waals surface area contributed by atoms with E-state index in [1.54, 1.807) is 45.2 Å². The van der Waals surface area contributed by atoms with Crippen molar-refractivity contribution in [2.75, 3.05) is 56.6 Å². The number of ether oxygens (including phenoxy) is 1. The van der Waals surface area contributed by atoms with Gasteiger partial charge in [-0.25, -0.2) is 9.59 Å².